The fraction of sp³-hybridized carbons (Fsp3) is 0.100. The molecule has 0 aliphatic carbocycles. The summed E-state index contributed by atoms with van der Waals surface area (Å²) in [6, 6.07) is 16.6. The maximum absolute atomic E-state index is 12.4. The molecule has 0 aromatic heterocycles. The zero-order chi connectivity index (χ0) is 18.1. The predicted octanol–water partition coefficient (Wildman–Crippen LogP) is 3.90. The second-order valence-corrected chi connectivity index (χ2v) is 6.52. The molecule has 0 bridgehead atoms. The Morgan fingerprint density at radius 2 is 1.81 bits per heavy atom. The molecule has 4 rings (SSSR count). The fourth-order valence-electron chi connectivity index (χ4n) is 3.21. The normalized spacial score (nSPS) is 18.8. The minimum Gasteiger partial charge on any atom is -0.338 e. The van der Waals surface area contributed by atoms with Gasteiger partial charge >= 0.3 is 0 Å². The van der Waals surface area contributed by atoms with Gasteiger partial charge in [0, 0.05) is 23.1 Å². The van der Waals surface area contributed by atoms with Crippen molar-refractivity contribution in [2.75, 3.05) is 0 Å². The molecule has 0 amide bonds. The lowest BCUT2D eigenvalue weighted by molar-refractivity contribution is -0.115. The first-order chi connectivity index (χ1) is 12.7. The number of benzene rings is 2. The van der Waals surface area contributed by atoms with Crippen molar-refractivity contribution in [2.45, 2.75) is 12.5 Å². The molecule has 0 spiro atoms. The Balaban J connectivity index is 1.82. The molecular formula is C20H14ClN3O2. The zero-order valence-electron chi connectivity index (χ0n) is 13.6. The third-order valence-corrected chi connectivity index (χ3v) is 4.63. The van der Waals surface area contributed by atoms with Gasteiger partial charge in [0.2, 0.25) is 0 Å². The van der Waals surface area contributed by atoms with Crippen molar-refractivity contribution < 1.29 is 4.79 Å². The molecule has 0 saturated carbocycles. The molecule has 1 atom stereocenters. The largest absolute Gasteiger partial charge is 0.338 e. The number of nitrogens with one attached hydrogen (secondary N) is 1. The van der Waals surface area contributed by atoms with Crippen LogP contribution in [0.25, 0.3) is 5.57 Å². The lowest BCUT2D eigenvalue weighted by Gasteiger charge is -2.18. The Labute approximate surface area is 155 Å². The highest BCUT2D eigenvalue weighted by atomic mass is 35.5. The van der Waals surface area contributed by atoms with Crippen LogP contribution in [0.3, 0.4) is 0 Å². The third-order valence-electron chi connectivity index (χ3n) is 4.37. The number of ketones is 1. The van der Waals surface area contributed by atoms with Crippen molar-refractivity contribution in [3.63, 3.8) is 0 Å². The second kappa shape index (κ2) is 6.69. The quantitative estimate of drug-likeness (QED) is 0.837. The van der Waals surface area contributed by atoms with Gasteiger partial charge in [0.05, 0.1) is 11.4 Å². The Hall–Kier alpha value is -3.05. The number of halogens is 1. The number of aliphatic imine (C=N–C) groups is 1. The first kappa shape index (κ1) is 16.4. The highest BCUT2D eigenvalue weighted by molar-refractivity contribution is 6.31. The Kier molecular flexibility index (Phi) is 4.22. The monoisotopic (exact) mass is 363 g/mol. The summed E-state index contributed by atoms with van der Waals surface area (Å²) >= 11 is 6.01. The molecule has 2 aromatic carbocycles. The summed E-state index contributed by atoms with van der Waals surface area (Å²) in [4.78, 5) is 28.0. The third kappa shape index (κ3) is 2.97. The van der Waals surface area contributed by atoms with Crippen molar-refractivity contribution in [3.05, 3.63) is 93.2 Å². The van der Waals surface area contributed by atoms with Gasteiger partial charge in [0.25, 0.3) is 0 Å². The summed E-state index contributed by atoms with van der Waals surface area (Å²) in [6.45, 7) is 0. The molecule has 0 fully saturated rings. The van der Waals surface area contributed by atoms with Gasteiger partial charge in [0.15, 0.2) is 17.6 Å². The van der Waals surface area contributed by atoms with E-state index >= 15 is 0 Å². The van der Waals surface area contributed by atoms with Gasteiger partial charge in [-0.25, -0.2) is 0 Å². The minimum absolute atomic E-state index is 0.00359. The molecule has 0 radical (unpaired) electrons. The molecule has 1 unspecified atom stereocenters. The van der Waals surface area contributed by atoms with Crippen LogP contribution in [-0.4, -0.2) is 17.5 Å². The number of nitrogens with zero attached hydrogens (tertiary/aromatic N) is 2. The topological polar surface area (TPSA) is 70.9 Å². The summed E-state index contributed by atoms with van der Waals surface area (Å²) in [7, 11) is 0. The summed E-state index contributed by atoms with van der Waals surface area (Å²) in [5.41, 5.74) is 4.18. The molecule has 2 heterocycles. The SMILES string of the molecule is O=NC1=CC(=O)C2N=C(Cc3ccccc3)C(c3ccc(Cl)cc3)=C2N1. The number of allylic oxidation sites excluding steroid dienone is 1. The van der Waals surface area contributed by atoms with E-state index in [2.05, 4.69) is 15.5 Å². The van der Waals surface area contributed by atoms with Crippen LogP contribution in [0.15, 0.2) is 82.4 Å². The lowest BCUT2D eigenvalue weighted by Crippen LogP contribution is -2.32. The van der Waals surface area contributed by atoms with E-state index in [1.54, 1.807) is 12.1 Å². The summed E-state index contributed by atoms with van der Waals surface area (Å²) < 4.78 is 0. The van der Waals surface area contributed by atoms with Crippen molar-refractivity contribution in [1.82, 2.24) is 5.32 Å². The van der Waals surface area contributed by atoms with Crippen LogP contribution in [0, 0.1) is 4.91 Å². The number of carbonyl (C=O) groups is 1. The van der Waals surface area contributed by atoms with Crippen LogP contribution >= 0.6 is 11.6 Å². The van der Waals surface area contributed by atoms with E-state index in [0.717, 1.165) is 22.4 Å². The summed E-state index contributed by atoms with van der Waals surface area (Å²) in [6.07, 6.45) is 1.78. The van der Waals surface area contributed by atoms with E-state index < -0.39 is 6.04 Å². The van der Waals surface area contributed by atoms with Crippen LogP contribution in [-0.2, 0) is 11.2 Å². The van der Waals surface area contributed by atoms with E-state index in [9.17, 15) is 9.70 Å². The molecular weight excluding hydrogens is 350 g/mol. The summed E-state index contributed by atoms with van der Waals surface area (Å²) in [5.74, 6) is -0.244. The first-order valence-electron chi connectivity index (χ1n) is 8.12. The van der Waals surface area contributed by atoms with E-state index in [1.807, 2.05) is 42.5 Å². The van der Waals surface area contributed by atoms with Crippen molar-refractivity contribution in [2.24, 2.45) is 10.2 Å². The Morgan fingerprint density at radius 3 is 2.50 bits per heavy atom. The number of hydrogen-bond donors (Lipinski definition) is 1. The Bertz CT molecular complexity index is 976. The molecule has 5 nitrogen and oxygen atoms in total. The maximum atomic E-state index is 12.4. The van der Waals surface area contributed by atoms with Crippen LogP contribution in [0.2, 0.25) is 5.02 Å². The predicted molar refractivity (Wildman–Crippen MR) is 102 cm³/mol. The van der Waals surface area contributed by atoms with E-state index in [1.165, 1.54) is 6.08 Å². The number of hydrogen-bond acceptors (Lipinski definition) is 5. The maximum Gasteiger partial charge on any atom is 0.189 e. The molecule has 26 heavy (non-hydrogen) atoms. The van der Waals surface area contributed by atoms with Crippen LogP contribution in [0.4, 0.5) is 0 Å². The second-order valence-electron chi connectivity index (χ2n) is 6.08. The van der Waals surface area contributed by atoms with Gasteiger partial charge in [-0.2, -0.15) is 0 Å². The van der Waals surface area contributed by atoms with Crippen LogP contribution < -0.4 is 5.32 Å². The molecule has 2 aliphatic heterocycles. The molecule has 6 heteroatoms. The number of fused-ring (bicyclic) bond motifs is 1. The van der Waals surface area contributed by atoms with E-state index in [-0.39, 0.29) is 11.6 Å². The van der Waals surface area contributed by atoms with Crippen LogP contribution in [0.1, 0.15) is 11.1 Å². The minimum atomic E-state index is -0.662. The average molecular weight is 364 g/mol. The number of nitroso groups, excluding NO2 is 1. The summed E-state index contributed by atoms with van der Waals surface area (Å²) in [5, 5.41) is 6.47. The highest BCUT2D eigenvalue weighted by Crippen LogP contribution is 2.34. The van der Waals surface area contributed by atoms with Gasteiger partial charge in [-0.15, -0.1) is 4.91 Å². The van der Waals surface area contributed by atoms with Crippen molar-refractivity contribution in [1.29, 1.82) is 0 Å². The van der Waals surface area contributed by atoms with Gasteiger partial charge < -0.3 is 5.32 Å². The highest BCUT2D eigenvalue weighted by Gasteiger charge is 2.36. The van der Waals surface area contributed by atoms with Crippen molar-refractivity contribution in [3.8, 4) is 0 Å². The van der Waals surface area contributed by atoms with Crippen LogP contribution in [0.5, 0.6) is 0 Å². The van der Waals surface area contributed by atoms with Gasteiger partial charge in [-0.1, -0.05) is 54.1 Å². The first-order valence-corrected chi connectivity index (χ1v) is 8.50. The Morgan fingerprint density at radius 1 is 1.08 bits per heavy atom. The lowest BCUT2D eigenvalue weighted by atomic mass is 9.94. The van der Waals surface area contributed by atoms with Gasteiger partial charge in [-0.05, 0) is 28.4 Å². The van der Waals surface area contributed by atoms with Gasteiger partial charge in [-0.3, -0.25) is 9.79 Å². The van der Waals surface area contributed by atoms with Crippen molar-refractivity contribution >= 4 is 28.7 Å². The molecule has 2 aromatic rings. The number of rotatable bonds is 4. The zero-order valence-corrected chi connectivity index (χ0v) is 14.4. The fourth-order valence-corrected chi connectivity index (χ4v) is 3.34. The average Bonchev–Trinajstić information content (AvgIpc) is 3.01. The number of carbonyl (C=O) groups excluding carboxylic acids is 1. The molecule has 2 aliphatic rings. The van der Waals surface area contributed by atoms with Gasteiger partial charge in [0.1, 0.15) is 0 Å². The molecule has 0 saturated heterocycles. The van der Waals surface area contributed by atoms with E-state index in [0.29, 0.717) is 17.1 Å². The standard InChI is InChI=1S/C20H14ClN3O2/c21-14-8-6-13(7-9-14)18-15(10-12-4-2-1-3-5-12)22-19-16(25)11-17(24-26)23-20(18)19/h1-9,11,19,23H,10H2. The smallest absolute Gasteiger partial charge is 0.189 e. The van der Waals surface area contributed by atoms with E-state index in [4.69, 9.17) is 11.6 Å². The molecule has 128 valence electrons. The molecule has 1 N–H and O–H groups in total.